The van der Waals surface area contributed by atoms with Crippen LogP contribution in [0.25, 0.3) is 0 Å². The van der Waals surface area contributed by atoms with Crippen molar-refractivity contribution in [2.75, 3.05) is 24.8 Å². The van der Waals surface area contributed by atoms with Gasteiger partial charge in [0, 0.05) is 19.1 Å². The minimum Gasteiger partial charge on any atom is -0.420 e. The fourth-order valence-corrected chi connectivity index (χ4v) is 3.89. The van der Waals surface area contributed by atoms with Gasteiger partial charge in [-0.25, -0.2) is 0 Å². The molecule has 0 fully saturated rings. The van der Waals surface area contributed by atoms with Crippen LogP contribution in [0.2, 0.25) is 13.1 Å². The molecule has 0 heterocycles. The van der Waals surface area contributed by atoms with Gasteiger partial charge in [0.25, 0.3) is 0 Å². The molecule has 0 saturated heterocycles. The third kappa shape index (κ3) is 6.87. The van der Waals surface area contributed by atoms with Crippen LogP contribution in [0.3, 0.4) is 0 Å². The maximum absolute atomic E-state index is 8.52. The van der Waals surface area contributed by atoms with E-state index in [0.29, 0.717) is 6.61 Å². The van der Waals surface area contributed by atoms with Crippen LogP contribution < -0.4 is 0 Å². The van der Waals surface area contributed by atoms with E-state index in [0.717, 1.165) is 17.5 Å². The summed E-state index contributed by atoms with van der Waals surface area (Å²) in [6.07, 6.45) is 0.902. The predicted octanol–water partition coefficient (Wildman–Crippen LogP) is 1.49. The normalized spacial score (nSPS) is 12.0. The number of aliphatic hydroxyl groups excluding tert-OH is 1. The van der Waals surface area contributed by atoms with Crippen molar-refractivity contribution in [3.8, 4) is 0 Å². The van der Waals surface area contributed by atoms with Crippen molar-refractivity contribution < 1.29 is 9.53 Å². The summed E-state index contributed by atoms with van der Waals surface area (Å²) in [5, 5.41) is 9.65. The highest BCUT2D eigenvalue weighted by Gasteiger charge is 2.19. The maximum Gasteiger partial charge on any atom is 0.195 e. The third-order valence-electron chi connectivity index (χ3n) is 1.45. The van der Waals surface area contributed by atoms with Gasteiger partial charge in [0.05, 0.1) is 0 Å². The minimum absolute atomic E-state index is 0.308. The Bertz CT molecular complexity index is 98.4. The van der Waals surface area contributed by atoms with Crippen LogP contribution in [-0.2, 0) is 4.43 Å². The summed E-state index contributed by atoms with van der Waals surface area (Å²) < 4.78 is 5.37. The maximum atomic E-state index is 8.52. The highest BCUT2D eigenvalue weighted by atomic mass is 32.2. The van der Waals surface area contributed by atoms with Crippen molar-refractivity contribution in [3.05, 3.63) is 0 Å². The molecule has 11 heavy (non-hydrogen) atoms. The molecule has 0 unspecified atom stereocenters. The smallest absolute Gasteiger partial charge is 0.195 e. The Morgan fingerprint density at radius 1 is 1.45 bits per heavy atom. The van der Waals surface area contributed by atoms with E-state index in [2.05, 4.69) is 13.1 Å². The van der Waals surface area contributed by atoms with Gasteiger partial charge in [-0.05, 0) is 25.3 Å². The van der Waals surface area contributed by atoms with Crippen molar-refractivity contribution in [2.24, 2.45) is 0 Å². The van der Waals surface area contributed by atoms with Gasteiger partial charge < -0.3 is 9.53 Å². The number of hydrogen-bond acceptors (Lipinski definition) is 3. The zero-order valence-corrected chi connectivity index (χ0v) is 9.41. The highest BCUT2D eigenvalue weighted by molar-refractivity contribution is 8.00. The number of thioether (sulfide) groups is 1. The van der Waals surface area contributed by atoms with E-state index in [1.807, 2.05) is 11.8 Å². The fraction of sp³-hybridized carbons (Fsp3) is 1.00. The Hall–Kier alpha value is 0.487. The summed E-state index contributed by atoms with van der Waals surface area (Å²) in [4.78, 5) is 0. The molecule has 0 amide bonds. The molecule has 0 aliphatic heterocycles. The first-order valence-electron chi connectivity index (χ1n) is 3.86. The Morgan fingerprint density at radius 2 is 2.09 bits per heavy atom. The minimum atomic E-state index is -1.35. The molecule has 1 N–H and O–H groups in total. The lowest BCUT2D eigenvalue weighted by molar-refractivity contribution is 0.296. The Labute approximate surface area is 74.5 Å². The van der Waals surface area contributed by atoms with Crippen LogP contribution in [0.1, 0.15) is 6.42 Å². The molecule has 0 bridgehead atoms. The Morgan fingerprint density at radius 3 is 2.55 bits per heavy atom. The molecule has 0 aromatic heterocycles. The van der Waals surface area contributed by atoms with E-state index >= 15 is 0 Å². The van der Waals surface area contributed by atoms with Crippen molar-refractivity contribution in [2.45, 2.75) is 19.5 Å². The third-order valence-corrected chi connectivity index (χ3v) is 6.73. The van der Waals surface area contributed by atoms with E-state index < -0.39 is 8.32 Å². The number of rotatable bonds is 6. The monoisotopic (exact) mass is 194 g/mol. The second kappa shape index (κ2) is 6.05. The van der Waals surface area contributed by atoms with Crippen LogP contribution >= 0.6 is 11.8 Å². The van der Waals surface area contributed by atoms with Crippen molar-refractivity contribution >= 4 is 20.1 Å². The van der Waals surface area contributed by atoms with Gasteiger partial charge in [-0.1, -0.05) is 0 Å². The number of hydrogen-bond donors (Lipinski definition) is 1. The van der Waals surface area contributed by atoms with Crippen LogP contribution in [-0.4, -0.2) is 38.3 Å². The Kier molecular flexibility index (Phi) is 6.32. The number of aliphatic hydroxyl groups is 1. The molecule has 4 heteroatoms. The average Bonchev–Trinajstić information content (AvgIpc) is 1.99. The molecule has 0 aromatic carbocycles. The second-order valence-electron chi connectivity index (χ2n) is 3.09. The van der Waals surface area contributed by atoms with Crippen molar-refractivity contribution in [1.82, 2.24) is 0 Å². The first-order valence-corrected chi connectivity index (χ1v) is 8.13. The van der Waals surface area contributed by atoms with Crippen molar-refractivity contribution in [3.63, 3.8) is 0 Å². The molecular formula is C7H18O2SSi. The van der Waals surface area contributed by atoms with Crippen LogP contribution in [0.4, 0.5) is 0 Å². The SMILES string of the molecule is CO[Si](C)(C)CSCCCO. The molecule has 0 rings (SSSR count). The standard InChI is InChI=1S/C7H18O2SSi/c1-9-11(2,3)7-10-6-4-5-8/h8H,4-7H2,1-3H3. The van der Waals surface area contributed by atoms with E-state index in [9.17, 15) is 0 Å². The summed E-state index contributed by atoms with van der Waals surface area (Å²) in [5.41, 5.74) is 0. The molecule has 68 valence electrons. The van der Waals surface area contributed by atoms with E-state index in [-0.39, 0.29) is 0 Å². The van der Waals surface area contributed by atoms with Gasteiger partial charge in [-0.15, -0.1) is 0 Å². The summed E-state index contributed by atoms with van der Waals surface area (Å²) in [6, 6.07) is 0. The molecule has 0 aliphatic carbocycles. The lowest BCUT2D eigenvalue weighted by Gasteiger charge is -2.18. The summed E-state index contributed by atoms with van der Waals surface area (Å²) in [7, 11) is 0.445. The van der Waals surface area contributed by atoms with E-state index in [4.69, 9.17) is 9.53 Å². The van der Waals surface area contributed by atoms with Gasteiger partial charge in [0.1, 0.15) is 0 Å². The van der Waals surface area contributed by atoms with E-state index in [1.165, 1.54) is 0 Å². The molecule has 0 atom stereocenters. The molecule has 0 radical (unpaired) electrons. The molecule has 0 aliphatic rings. The van der Waals surface area contributed by atoms with Gasteiger partial charge in [0.15, 0.2) is 8.32 Å². The van der Waals surface area contributed by atoms with Crippen LogP contribution in [0.15, 0.2) is 0 Å². The zero-order chi connectivity index (χ0) is 8.74. The first-order chi connectivity index (χ1) is 5.12. The first kappa shape index (κ1) is 11.5. The average molecular weight is 194 g/mol. The van der Waals surface area contributed by atoms with Gasteiger partial charge >= 0.3 is 0 Å². The van der Waals surface area contributed by atoms with Crippen LogP contribution in [0.5, 0.6) is 0 Å². The second-order valence-corrected chi connectivity index (χ2v) is 8.99. The molecule has 0 aromatic rings. The summed E-state index contributed by atoms with van der Waals surface area (Å²) in [6.45, 7) is 4.72. The summed E-state index contributed by atoms with van der Waals surface area (Å²) in [5.74, 6) is 1.05. The molecular weight excluding hydrogens is 176 g/mol. The fourth-order valence-electron chi connectivity index (χ4n) is 0.543. The van der Waals surface area contributed by atoms with Crippen LogP contribution in [0, 0.1) is 0 Å². The molecule has 0 saturated carbocycles. The van der Waals surface area contributed by atoms with E-state index in [1.54, 1.807) is 7.11 Å². The largest absolute Gasteiger partial charge is 0.420 e. The Balaban J connectivity index is 3.23. The summed E-state index contributed by atoms with van der Waals surface area (Å²) >= 11 is 1.89. The topological polar surface area (TPSA) is 29.5 Å². The zero-order valence-electron chi connectivity index (χ0n) is 7.59. The van der Waals surface area contributed by atoms with Gasteiger partial charge in [-0.3, -0.25) is 0 Å². The van der Waals surface area contributed by atoms with Crippen molar-refractivity contribution in [1.29, 1.82) is 0 Å². The van der Waals surface area contributed by atoms with Gasteiger partial charge in [0.2, 0.25) is 0 Å². The molecule has 0 spiro atoms. The van der Waals surface area contributed by atoms with Gasteiger partial charge in [-0.2, -0.15) is 11.8 Å². The lowest BCUT2D eigenvalue weighted by atomic mass is 10.5. The predicted molar refractivity (Wildman–Crippen MR) is 53.5 cm³/mol. The molecule has 2 nitrogen and oxygen atoms in total. The lowest BCUT2D eigenvalue weighted by Crippen LogP contribution is -2.32. The quantitative estimate of drug-likeness (QED) is 0.513. The highest BCUT2D eigenvalue weighted by Crippen LogP contribution is 2.12.